The van der Waals surface area contributed by atoms with Gasteiger partial charge in [0.05, 0.1) is 16.6 Å². The van der Waals surface area contributed by atoms with Gasteiger partial charge >= 0.3 is 5.97 Å². The Bertz CT molecular complexity index is 763. The van der Waals surface area contributed by atoms with E-state index in [0.29, 0.717) is 5.56 Å². The second-order valence-electron chi connectivity index (χ2n) is 11.8. The van der Waals surface area contributed by atoms with E-state index < -0.39 is 0 Å². The fourth-order valence-electron chi connectivity index (χ4n) is 6.51. The standard InChI is InChI=1S/C33H53BrO3/c1-3-5-7-9-10-12-24-36-32-23-20-29(25-31(32)34)33(35)37-30-21-18-28(19-22-30)27-16-14-26(15-17-27)13-11-8-6-4-2/h20,23,25-28,30H,3-19,21-22,24H2,1-2H3. The van der Waals surface area contributed by atoms with Gasteiger partial charge in [-0.25, -0.2) is 4.79 Å². The molecule has 0 atom stereocenters. The minimum absolute atomic E-state index is 0.0704. The Morgan fingerprint density at radius 3 is 2.03 bits per heavy atom. The molecule has 210 valence electrons. The number of hydrogen-bond donors (Lipinski definition) is 0. The van der Waals surface area contributed by atoms with Crippen LogP contribution in [0.15, 0.2) is 22.7 Å². The van der Waals surface area contributed by atoms with Gasteiger partial charge in [-0.15, -0.1) is 0 Å². The van der Waals surface area contributed by atoms with Crippen molar-refractivity contribution in [2.45, 2.75) is 142 Å². The van der Waals surface area contributed by atoms with Crippen LogP contribution in [0.25, 0.3) is 0 Å². The van der Waals surface area contributed by atoms with Gasteiger partial charge in [-0.3, -0.25) is 0 Å². The number of rotatable bonds is 16. The lowest BCUT2D eigenvalue weighted by molar-refractivity contribution is 0.0109. The van der Waals surface area contributed by atoms with Gasteiger partial charge in [0.15, 0.2) is 0 Å². The molecule has 0 N–H and O–H groups in total. The second kappa shape index (κ2) is 17.5. The van der Waals surface area contributed by atoms with Crippen LogP contribution in [0.1, 0.15) is 146 Å². The number of carbonyl (C=O) groups excluding carboxylic acids is 1. The van der Waals surface area contributed by atoms with Crippen LogP contribution in [0.2, 0.25) is 0 Å². The van der Waals surface area contributed by atoms with Crippen molar-refractivity contribution in [3.8, 4) is 5.75 Å². The van der Waals surface area contributed by atoms with E-state index in [4.69, 9.17) is 9.47 Å². The molecule has 3 rings (SSSR count). The number of unbranched alkanes of at least 4 members (excludes halogenated alkanes) is 8. The Balaban J connectivity index is 1.32. The average Bonchev–Trinajstić information content (AvgIpc) is 2.92. The van der Waals surface area contributed by atoms with Gasteiger partial charge in [0.1, 0.15) is 11.9 Å². The van der Waals surface area contributed by atoms with E-state index in [1.165, 1.54) is 103 Å². The van der Waals surface area contributed by atoms with Crippen molar-refractivity contribution in [1.82, 2.24) is 0 Å². The first kappa shape index (κ1) is 30.5. The maximum Gasteiger partial charge on any atom is 0.338 e. The fraction of sp³-hybridized carbons (Fsp3) is 0.788. The number of benzene rings is 1. The summed E-state index contributed by atoms with van der Waals surface area (Å²) in [5, 5.41) is 0. The van der Waals surface area contributed by atoms with Crippen LogP contribution >= 0.6 is 15.9 Å². The lowest BCUT2D eigenvalue weighted by Crippen LogP contribution is -2.29. The summed E-state index contributed by atoms with van der Waals surface area (Å²) in [6.07, 6.45) is 24.8. The Labute approximate surface area is 236 Å². The van der Waals surface area contributed by atoms with Gasteiger partial charge in [0, 0.05) is 0 Å². The Hall–Kier alpha value is -1.03. The predicted octanol–water partition coefficient (Wildman–Crippen LogP) is 10.7. The van der Waals surface area contributed by atoms with E-state index in [1.807, 2.05) is 18.2 Å². The first-order valence-electron chi connectivity index (χ1n) is 15.7. The van der Waals surface area contributed by atoms with Crippen LogP contribution in [0.3, 0.4) is 0 Å². The minimum atomic E-state index is -0.199. The molecule has 0 heterocycles. The molecule has 0 radical (unpaired) electrons. The highest BCUT2D eigenvalue weighted by atomic mass is 79.9. The molecule has 1 aromatic rings. The van der Waals surface area contributed by atoms with Crippen LogP contribution in [-0.4, -0.2) is 18.7 Å². The predicted molar refractivity (Wildman–Crippen MR) is 158 cm³/mol. The van der Waals surface area contributed by atoms with E-state index in [2.05, 4.69) is 29.8 Å². The summed E-state index contributed by atoms with van der Waals surface area (Å²) >= 11 is 3.59. The highest BCUT2D eigenvalue weighted by Crippen LogP contribution is 2.41. The summed E-state index contributed by atoms with van der Waals surface area (Å²) in [6.45, 7) is 5.26. The summed E-state index contributed by atoms with van der Waals surface area (Å²) in [5.74, 6) is 3.34. The maximum atomic E-state index is 12.8. The third-order valence-electron chi connectivity index (χ3n) is 8.94. The van der Waals surface area contributed by atoms with Crippen molar-refractivity contribution in [3.05, 3.63) is 28.2 Å². The lowest BCUT2D eigenvalue weighted by atomic mass is 9.70. The molecule has 0 saturated heterocycles. The van der Waals surface area contributed by atoms with Crippen molar-refractivity contribution in [2.75, 3.05) is 6.61 Å². The van der Waals surface area contributed by atoms with E-state index in [0.717, 1.165) is 53.8 Å². The lowest BCUT2D eigenvalue weighted by Gasteiger charge is -2.37. The third kappa shape index (κ3) is 10.9. The minimum Gasteiger partial charge on any atom is -0.492 e. The zero-order chi connectivity index (χ0) is 26.3. The van der Waals surface area contributed by atoms with Crippen molar-refractivity contribution in [2.24, 2.45) is 17.8 Å². The van der Waals surface area contributed by atoms with Gasteiger partial charge < -0.3 is 9.47 Å². The molecule has 0 aromatic heterocycles. The Morgan fingerprint density at radius 2 is 1.38 bits per heavy atom. The zero-order valence-corrected chi connectivity index (χ0v) is 25.4. The summed E-state index contributed by atoms with van der Waals surface area (Å²) in [7, 11) is 0. The van der Waals surface area contributed by atoms with Crippen molar-refractivity contribution < 1.29 is 14.3 Å². The van der Waals surface area contributed by atoms with E-state index >= 15 is 0 Å². The highest BCUT2D eigenvalue weighted by molar-refractivity contribution is 9.10. The molecule has 1 aromatic carbocycles. The molecule has 37 heavy (non-hydrogen) atoms. The number of hydrogen-bond acceptors (Lipinski definition) is 3. The van der Waals surface area contributed by atoms with Gasteiger partial charge in [-0.1, -0.05) is 90.9 Å². The first-order chi connectivity index (χ1) is 18.1. The molecule has 2 aliphatic carbocycles. The number of ether oxygens (including phenoxy) is 2. The Kier molecular flexibility index (Phi) is 14.5. The van der Waals surface area contributed by atoms with Crippen molar-refractivity contribution in [1.29, 1.82) is 0 Å². The smallest absolute Gasteiger partial charge is 0.338 e. The molecule has 2 fully saturated rings. The molecular formula is C33H53BrO3. The van der Waals surface area contributed by atoms with Crippen LogP contribution in [0.4, 0.5) is 0 Å². The van der Waals surface area contributed by atoms with Crippen LogP contribution < -0.4 is 4.74 Å². The maximum absolute atomic E-state index is 12.8. The zero-order valence-electron chi connectivity index (χ0n) is 23.8. The number of carbonyl (C=O) groups is 1. The number of halogens is 1. The first-order valence-corrected chi connectivity index (χ1v) is 16.5. The summed E-state index contributed by atoms with van der Waals surface area (Å²) in [5.41, 5.74) is 0.609. The van der Waals surface area contributed by atoms with Crippen LogP contribution in [-0.2, 0) is 4.74 Å². The highest BCUT2D eigenvalue weighted by Gasteiger charge is 2.32. The second-order valence-corrected chi connectivity index (χ2v) is 12.7. The normalized spacial score (nSPS) is 24.1. The largest absolute Gasteiger partial charge is 0.492 e. The molecule has 2 saturated carbocycles. The van der Waals surface area contributed by atoms with Crippen molar-refractivity contribution >= 4 is 21.9 Å². The summed E-state index contributed by atoms with van der Waals surface area (Å²) < 4.78 is 12.7. The van der Waals surface area contributed by atoms with Crippen LogP contribution in [0, 0.1) is 17.8 Å². The molecule has 4 heteroatoms. The molecule has 0 bridgehead atoms. The van der Waals surface area contributed by atoms with E-state index in [-0.39, 0.29) is 12.1 Å². The third-order valence-corrected chi connectivity index (χ3v) is 9.56. The van der Waals surface area contributed by atoms with Gasteiger partial charge in [-0.2, -0.15) is 0 Å². The topological polar surface area (TPSA) is 35.5 Å². The van der Waals surface area contributed by atoms with E-state index in [1.54, 1.807) is 0 Å². The van der Waals surface area contributed by atoms with Crippen LogP contribution in [0.5, 0.6) is 5.75 Å². The molecule has 0 spiro atoms. The summed E-state index contributed by atoms with van der Waals surface area (Å²) in [6, 6.07) is 5.59. The van der Waals surface area contributed by atoms with Gasteiger partial charge in [0.25, 0.3) is 0 Å². The van der Waals surface area contributed by atoms with Crippen molar-refractivity contribution in [3.63, 3.8) is 0 Å². The molecular weight excluding hydrogens is 524 g/mol. The average molecular weight is 578 g/mol. The fourth-order valence-corrected chi connectivity index (χ4v) is 7.01. The molecule has 0 aliphatic heterocycles. The van der Waals surface area contributed by atoms with E-state index in [9.17, 15) is 4.79 Å². The van der Waals surface area contributed by atoms with Gasteiger partial charge in [0.2, 0.25) is 0 Å². The van der Waals surface area contributed by atoms with Gasteiger partial charge in [-0.05, 0) is 96.8 Å². The SMILES string of the molecule is CCCCCCCCOc1ccc(C(=O)OC2CCC(C3CCC(CCCCCC)CC3)CC2)cc1Br. The number of esters is 1. The molecule has 3 nitrogen and oxygen atoms in total. The summed E-state index contributed by atoms with van der Waals surface area (Å²) in [4.78, 5) is 12.8. The molecule has 0 amide bonds. The Morgan fingerprint density at radius 1 is 0.784 bits per heavy atom. The quantitative estimate of drug-likeness (QED) is 0.145. The monoisotopic (exact) mass is 576 g/mol. The molecule has 0 unspecified atom stereocenters. The molecule has 2 aliphatic rings.